The van der Waals surface area contributed by atoms with E-state index in [2.05, 4.69) is 15.3 Å². The van der Waals surface area contributed by atoms with Gasteiger partial charge in [-0.2, -0.15) is 0 Å². The van der Waals surface area contributed by atoms with Crippen molar-refractivity contribution in [3.63, 3.8) is 0 Å². The number of aromatic nitrogens is 2. The second kappa shape index (κ2) is 9.14. The largest absolute Gasteiger partial charge is 0.338 e. The molecule has 1 aromatic heterocycles. The summed E-state index contributed by atoms with van der Waals surface area (Å²) in [4.78, 5) is 20.3. The molecule has 0 unspecified atom stereocenters. The zero-order chi connectivity index (χ0) is 21.7. The number of rotatable bonds is 8. The SMILES string of the molecule is O=C(CCCS(=O)(=O)Cc1ccccc1)Nc1ccccc1-c1nc2ccccc2[nH]1. The highest BCUT2D eigenvalue weighted by Crippen LogP contribution is 2.27. The van der Waals surface area contributed by atoms with Gasteiger partial charge < -0.3 is 10.3 Å². The van der Waals surface area contributed by atoms with E-state index in [4.69, 9.17) is 0 Å². The average molecular weight is 434 g/mol. The summed E-state index contributed by atoms with van der Waals surface area (Å²) in [5, 5.41) is 2.90. The number of nitrogens with zero attached hydrogens (tertiary/aromatic N) is 1. The van der Waals surface area contributed by atoms with Gasteiger partial charge in [-0.3, -0.25) is 4.79 Å². The molecule has 4 aromatic rings. The number of hydrogen-bond donors (Lipinski definition) is 2. The number of fused-ring (bicyclic) bond motifs is 1. The van der Waals surface area contributed by atoms with Crippen LogP contribution in [-0.4, -0.2) is 30.0 Å². The van der Waals surface area contributed by atoms with Gasteiger partial charge in [0.2, 0.25) is 5.91 Å². The minimum atomic E-state index is -3.26. The number of aromatic amines is 1. The van der Waals surface area contributed by atoms with Crippen molar-refractivity contribution in [2.24, 2.45) is 0 Å². The molecule has 0 aliphatic heterocycles. The fraction of sp³-hybridized carbons (Fsp3) is 0.167. The van der Waals surface area contributed by atoms with Gasteiger partial charge >= 0.3 is 0 Å². The van der Waals surface area contributed by atoms with E-state index in [9.17, 15) is 13.2 Å². The number of imidazole rings is 1. The van der Waals surface area contributed by atoms with E-state index in [1.54, 1.807) is 12.1 Å². The number of carbonyl (C=O) groups excluding carboxylic acids is 1. The smallest absolute Gasteiger partial charge is 0.224 e. The van der Waals surface area contributed by atoms with Crippen LogP contribution < -0.4 is 5.32 Å². The van der Waals surface area contributed by atoms with Gasteiger partial charge in [-0.1, -0.05) is 54.6 Å². The summed E-state index contributed by atoms with van der Waals surface area (Å²) < 4.78 is 24.6. The molecule has 0 aliphatic rings. The Hall–Kier alpha value is -3.45. The summed E-state index contributed by atoms with van der Waals surface area (Å²) in [6.45, 7) is 0. The van der Waals surface area contributed by atoms with Crippen LogP contribution in [0.5, 0.6) is 0 Å². The highest BCUT2D eigenvalue weighted by molar-refractivity contribution is 7.90. The molecule has 0 aliphatic carbocycles. The number of sulfone groups is 1. The Balaban J connectivity index is 1.38. The Bertz CT molecular complexity index is 1260. The van der Waals surface area contributed by atoms with Crippen LogP contribution in [0.4, 0.5) is 5.69 Å². The normalized spacial score (nSPS) is 11.5. The molecule has 0 fully saturated rings. The van der Waals surface area contributed by atoms with Crippen LogP contribution in [0.25, 0.3) is 22.4 Å². The lowest BCUT2D eigenvalue weighted by atomic mass is 10.1. The van der Waals surface area contributed by atoms with Crippen LogP contribution in [0.3, 0.4) is 0 Å². The highest BCUT2D eigenvalue weighted by atomic mass is 32.2. The molecule has 3 aromatic carbocycles. The molecule has 2 N–H and O–H groups in total. The fourth-order valence-electron chi connectivity index (χ4n) is 3.44. The number of benzene rings is 3. The molecular formula is C24H23N3O3S. The zero-order valence-electron chi connectivity index (χ0n) is 16.9. The zero-order valence-corrected chi connectivity index (χ0v) is 17.7. The Labute approximate surface area is 181 Å². The van der Waals surface area contributed by atoms with Crippen molar-refractivity contribution < 1.29 is 13.2 Å². The van der Waals surface area contributed by atoms with Crippen LogP contribution in [0.2, 0.25) is 0 Å². The van der Waals surface area contributed by atoms with Crippen molar-refractivity contribution in [1.29, 1.82) is 0 Å². The Morgan fingerprint density at radius 1 is 0.903 bits per heavy atom. The van der Waals surface area contributed by atoms with Crippen molar-refractivity contribution >= 4 is 32.5 Å². The topological polar surface area (TPSA) is 91.9 Å². The van der Waals surface area contributed by atoms with Crippen LogP contribution >= 0.6 is 0 Å². The third-order valence-corrected chi connectivity index (χ3v) is 6.62. The number of nitrogens with one attached hydrogen (secondary N) is 2. The molecule has 31 heavy (non-hydrogen) atoms. The van der Waals surface area contributed by atoms with Crippen LogP contribution in [0.1, 0.15) is 18.4 Å². The molecule has 158 valence electrons. The first-order valence-corrected chi connectivity index (χ1v) is 11.9. The van der Waals surface area contributed by atoms with Crippen molar-refractivity contribution in [2.45, 2.75) is 18.6 Å². The number of hydrogen-bond acceptors (Lipinski definition) is 4. The quantitative estimate of drug-likeness (QED) is 0.426. The van der Waals surface area contributed by atoms with Crippen molar-refractivity contribution in [3.05, 3.63) is 84.4 Å². The van der Waals surface area contributed by atoms with E-state index in [1.807, 2.05) is 66.7 Å². The highest BCUT2D eigenvalue weighted by Gasteiger charge is 2.15. The minimum absolute atomic E-state index is 0.00958. The Morgan fingerprint density at radius 3 is 2.42 bits per heavy atom. The molecule has 1 heterocycles. The van der Waals surface area contributed by atoms with Gasteiger partial charge in [0, 0.05) is 12.0 Å². The van der Waals surface area contributed by atoms with Crippen molar-refractivity contribution in [1.82, 2.24) is 9.97 Å². The Kier molecular flexibility index (Phi) is 6.13. The molecule has 0 saturated carbocycles. The molecule has 1 amide bonds. The monoisotopic (exact) mass is 433 g/mol. The number of para-hydroxylation sites is 3. The first-order chi connectivity index (χ1) is 15.0. The van der Waals surface area contributed by atoms with E-state index in [0.29, 0.717) is 11.5 Å². The second-order valence-corrected chi connectivity index (χ2v) is 9.56. The average Bonchev–Trinajstić information content (AvgIpc) is 3.18. The molecular weight excluding hydrogens is 410 g/mol. The maximum absolute atomic E-state index is 12.5. The lowest BCUT2D eigenvalue weighted by Crippen LogP contribution is -2.15. The van der Waals surface area contributed by atoms with Crippen LogP contribution in [0, 0.1) is 0 Å². The van der Waals surface area contributed by atoms with Crippen molar-refractivity contribution in [3.8, 4) is 11.4 Å². The van der Waals surface area contributed by atoms with Gasteiger partial charge in [0.05, 0.1) is 28.2 Å². The second-order valence-electron chi connectivity index (χ2n) is 7.38. The molecule has 0 saturated heterocycles. The summed E-state index contributed by atoms with van der Waals surface area (Å²) in [5.41, 5.74) is 3.94. The van der Waals surface area contributed by atoms with Gasteiger partial charge in [-0.15, -0.1) is 0 Å². The van der Waals surface area contributed by atoms with E-state index in [1.165, 1.54) is 0 Å². The molecule has 0 atom stereocenters. The third kappa shape index (κ3) is 5.38. The van der Waals surface area contributed by atoms with E-state index < -0.39 is 9.84 Å². The predicted octanol–water partition coefficient (Wildman–Crippen LogP) is 4.56. The summed E-state index contributed by atoms with van der Waals surface area (Å²) in [5.74, 6) is 0.409. The Morgan fingerprint density at radius 2 is 1.61 bits per heavy atom. The lowest BCUT2D eigenvalue weighted by Gasteiger charge is -2.10. The van der Waals surface area contributed by atoms with Gasteiger partial charge in [-0.05, 0) is 36.2 Å². The van der Waals surface area contributed by atoms with Gasteiger partial charge in [0.1, 0.15) is 5.82 Å². The third-order valence-electron chi connectivity index (χ3n) is 4.93. The summed E-state index contributed by atoms with van der Waals surface area (Å²) in [6, 6.07) is 24.2. The molecule has 4 rings (SSSR count). The molecule has 7 heteroatoms. The fourth-order valence-corrected chi connectivity index (χ4v) is 4.87. The van der Waals surface area contributed by atoms with Crippen LogP contribution in [0.15, 0.2) is 78.9 Å². The summed E-state index contributed by atoms with van der Waals surface area (Å²) in [7, 11) is -3.26. The maximum Gasteiger partial charge on any atom is 0.224 e. The van der Waals surface area contributed by atoms with E-state index >= 15 is 0 Å². The van der Waals surface area contributed by atoms with Gasteiger partial charge in [0.25, 0.3) is 0 Å². The molecule has 0 bridgehead atoms. The molecule has 0 radical (unpaired) electrons. The number of amides is 1. The number of carbonyl (C=O) groups is 1. The standard InChI is InChI=1S/C24H23N3O3S/c28-23(15-8-16-31(29,30)17-18-9-2-1-3-10-18)25-20-12-5-4-11-19(20)24-26-21-13-6-7-14-22(21)27-24/h1-7,9-14H,8,15-17H2,(H,25,28)(H,26,27). The minimum Gasteiger partial charge on any atom is -0.338 e. The van der Waals surface area contributed by atoms with Crippen molar-refractivity contribution in [2.75, 3.05) is 11.1 Å². The maximum atomic E-state index is 12.5. The van der Waals surface area contributed by atoms with Crippen LogP contribution in [-0.2, 0) is 20.4 Å². The van der Waals surface area contributed by atoms with E-state index in [0.717, 1.165) is 22.2 Å². The molecule has 6 nitrogen and oxygen atoms in total. The first kappa shape index (κ1) is 20.8. The van der Waals surface area contributed by atoms with Gasteiger partial charge in [0.15, 0.2) is 9.84 Å². The summed E-state index contributed by atoms with van der Waals surface area (Å²) in [6.07, 6.45) is 0.399. The van der Waals surface area contributed by atoms with Gasteiger partial charge in [-0.25, -0.2) is 13.4 Å². The lowest BCUT2D eigenvalue weighted by molar-refractivity contribution is -0.116. The predicted molar refractivity (Wildman–Crippen MR) is 123 cm³/mol. The van der Waals surface area contributed by atoms with E-state index in [-0.39, 0.29) is 30.3 Å². The number of anilines is 1. The first-order valence-electron chi connectivity index (χ1n) is 10.1. The number of H-pyrrole nitrogens is 1. The molecule has 0 spiro atoms. The summed E-state index contributed by atoms with van der Waals surface area (Å²) >= 11 is 0.